The molecule has 1 unspecified atom stereocenters. The Morgan fingerprint density at radius 1 is 1.47 bits per heavy atom. The number of amides is 1. The van der Waals surface area contributed by atoms with Gasteiger partial charge in [0.15, 0.2) is 0 Å². The molecule has 2 saturated heterocycles. The highest BCUT2D eigenvalue weighted by Gasteiger charge is 2.29. The van der Waals surface area contributed by atoms with E-state index in [1.54, 1.807) is 0 Å². The molecule has 5 nitrogen and oxygen atoms in total. The van der Waals surface area contributed by atoms with Gasteiger partial charge in [-0.3, -0.25) is 4.79 Å². The van der Waals surface area contributed by atoms with Crippen molar-refractivity contribution in [3.05, 3.63) is 0 Å². The molecule has 0 aliphatic carbocycles. The van der Waals surface area contributed by atoms with E-state index in [1.807, 2.05) is 6.92 Å². The number of morpholine rings is 1. The maximum absolute atomic E-state index is 12.0. The van der Waals surface area contributed by atoms with Crippen LogP contribution in [0.3, 0.4) is 0 Å². The molecule has 2 heterocycles. The van der Waals surface area contributed by atoms with Crippen LogP contribution in [-0.2, 0) is 9.53 Å². The molecular weight excluding hydrogens is 289 g/mol. The smallest absolute Gasteiger partial charge is 0.239 e. The number of rotatable bonds is 3. The van der Waals surface area contributed by atoms with Crippen molar-refractivity contribution >= 4 is 30.7 Å². The molecule has 1 amide bonds. The van der Waals surface area contributed by atoms with E-state index in [4.69, 9.17) is 4.74 Å². The molecule has 2 fully saturated rings. The molecule has 0 radical (unpaired) electrons. The van der Waals surface area contributed by atoms with Gasteiger partial charge in [-0.1, -0.05) is 0 Å². The van der Waals surface area contributed by atoms with Crippen LogP contribution >= 0.6 is 24.8 Å². The summed E-state index contributed by atoms with van der Waals surface area (Å²) in [5.74, 6) is 0.676. The van der Waals surface area contributed by atoms with Crippen molar-refractivity contribution in [1.82, 2.24) is 15.5 Å². The first-order chi connectivity index (χ1) is 8.16. The summed E-state index contributed by atoms with van der Waals surface area (Å²) in [6.45, 7) is 6.41. The zero-order valence-corrected chi connectivity index (χ0v) is 13.2. The number of carbonyl (C=O) groups excluding carboxylic acids is 1. The first kappa shape index (κ1) is 18.9. The van der Waals surface area contributed by atoms with E-state index in [-0.39, 0.29) is 42.9 Å². The fourth-order valence-corrected chi connectivity index (χ4v) is 2.58. The summed E-state index contributed by atoms with van der Waals surface area (Å²) in [4.78, 5) is 14.3. The second kappa shape index (κ2) is 8.97. The fourth-order valence-electron chi connectivity index (χ4n) is 2.58. The van der Waals surface area contributed by atoms with Crippen LogP contribution in [-0.4, -0.2) is 62.8 Å². The van der Waals surface area contributed by atoms with Crippen LogP contribution in [0.5, 0.6) is 0 Å². The number of nitrogens with one attached hydrogen (secondary N) is 2. The van der Waals surface area contributed by atoms with Gasteiger partial charge in [0, 0.05) is 19.6 Å². The minimum Gasteiger partial charge on any atom is -0.375 e. The Hall–Kier alpha value is -0.0700. The molecule has 0 spiro atoms. The van der Waals surface area contributed by atoms with Crippen molar-refractivity contribution < 1.29 is 9.53 Å². The van der Waals surface area contributed by atoms with E-state index in [0.717, 1.165) is 26.2 Å². The predicted molar refractivity (Wildman–Crippen MR) is 80.3 cm³/mol. The Morgan fingerprint density at radius 3 is 2.79 bits per heavy atom. The molecule has 114 valence electrons. The number of hydrogen-bond acceptors (Lipinski definition) is 4. The topological polar surface area (TPSA) is 53.6 Å². The summed E-state index contributed by atoms with van der Waals surface area (Å²) in [7, 11) is 2.13. The molecule has 0 aromatic heterocycles. The number of likely N-dealkylation sites (tertiary alicyclic amines) is 1. The van der Waals surface area contributed by atoms with Crippen LogP contribution in [0.15, 0.2) is 0 Å². The molecular formula is C12H25Cl2N3O2. The minimum atomic E-state index is -0.192. The monoisotopic (exact) mass is 313 g/mol. The van der Waals surface area contributed by atoms with Crippen LogP contribution < -0.4 is 10.6 Å². The molecule has 0 saturated carbocycles. The van der Waals surface area contributed by atoms with E-state index < -0.39 is 0 Å². The van der Waals surface area contributed by atoms with Crippen LogP contribution in [0.25, 0.3) is 0 Å². The summed E-state index contributed by atoms with van der Waals surface area (Å²) in [6.07, 6.45) is 1.15. The summed E-state index contributed by atoms with van der Waals surface area (Å²) in [5.41, 5.74) is 0. The van der Waals surface area contributed by atoms with Gasteiger partial charge in [0.2, 0.25) is 5.91 Å². The third-order valence-corrected chi connectivity index (χ3v) is 3.65. The Morgan fingerprint density at radius 2 is 2.21 bits per heavy atom. The average Bonchev–Trinajstić information content (AvgIpc) is 2.73. The molecule has 0 aromatic carbocycles. The van der Waals surface area contributed by atoms with E-state index in [1.165, 1.54) is 6.42 Å². The zero-order chi connectivity index (χ0) is 12.3. The highest BCUT2D eigenvalue weighted by Crippen LogP contribution is 2.13. The maximum Gasteiger partial charge on any atom is 0.239 e. The van der Waals surface area contributed by atoms with E-state index in [2.05, 4.69) is 22.6 Å². The number of carbonyl (C=O) groups is 1. The summed E-state index contributed by atoms with van der Waals surface area (Å²) >= 11 is 0. The molecule has 7 heteroatoms. The number of halogens is 2. The van der Waals surface area contributed by atoms with E-state index >= 15 is 0 Å². The van der Waals surface area contributed by atoms with Gasteiger partial charge in [0.25, 0.3) is 0 Å². The lowest BCUT2D eigenvalue weighted by Crippen LogP contribution is -2.56. The van der Waals surface area contributed by atoms with Crippen molar-refractivity contribution in [2.24, 2.45) is 5.92 Å². The highest BCUT2D eigenvalue weighted by molar-refractivity contribution is 5.85. The lowest BCUT2D eigenvalue weighted by Gasteiger charge is -2.29. The van der Waals surface area contributed by atoms with Crippen LogP contribution in [0.1, 0.15) is 13.3 Å². The second-order valence-electron chi connectivity index (χ2n) is 5.17. The Bertz CT molecular complexity index is 282. The van der Waals surface area contributed by atoms with Gasteiger partial charge in [-0.15, -0.1) is 24.8 Å². The average molecular weight is 314 g/mol. The van der Waals surface area contributed by atoms with Gasteiger partial charge < -0.3 is 20.3 Å². The molecule has 2 aliphatic rings. The molecule has 2 rings (SSSR count). The Labute approximate surface area is 127 Å². The SMILES string of the molecule is C[C@H]1OCCN[C@@H]1C(=O)NCC1CCN(C)C1.Cl.Cl. The van der Waals surface area contributed by atoms with Crippen molar-refractivity contribution in [2.75, 3.05) is 39.8 Å². The lowest BCUT2D eigenvalue weighted by molar-refractivity contribution is -0.129. The van der Waals surface area contributed by atoms with Crippen LogP contribution in [0.4, 0.5) is 0 Å². The van der Waals surface area contributed by atoms with E-state index in [0.29, 0.717) is 12.5 Å². The Balaban J connectivity index is 0.00000162. The van der Waals surface area contributed by atoms with Crippen molar-refractivity contribution in [2.45, 2.75) is 25.5 Å². The van der Waals surface area contributed by atoms with Gasteiger partial charge in [0.05, 0.1) is 12.7 Å². The van der Waals surface area contributed by atoms with E-state index in [9.17, 15) is 4.79 Å². The molecule has 2 aliphatic heterocycles. The van der Waals surface area contributed by atoms with Crippen molar-refractivity contribution in [3.63, 3.8) is 0 Å². The molecule has 0 bridgehead atoms. The van der Waals surface area contributed by atoms with Gasteiger partial charge >= 0.3 is 0 Å². The van der Waals surface area contributed by atoms with Crippen LogP contribution in [0.2, 0.25) is 0 Å². The van der Waals surface area contributed by atoms with Gasteiger partial charge in [-0.05, 0) is 32.9 Å². The fraction of sp³-hybridized carbons (Fsp3) is 0.917. The standard InChI is InChI=1S/C12H23N3O2.2ClH/c1-9-11(13-4-6-17-9)12(16)14-7-10-3-5-15(2)8-10;;/h9-11,13H,3-8H2,1-2H3,(H,14,16);2*1H/t9-,10?,11+;;/m1../s1. The van der Waals surface area contributed by atoms with Gasteiger partial charge in [-0.2, -0.15) is 0 Å². The van der Waals surface area contributed by atoms with Gasteiger partial charge in [0.1, 0.15) is 6.04 Å². The maximum atomic E-state index is 12.0. The number of hydrogen-bond donors (Lipinski definition) is 2. The number of nitrogens with zero attached hydrogens (tertiary/aromatic N) is 1. The quantitative estimate of drug-likeness (QED) is 0.785. The third-order valence-electron chi connectivity index (χ3n) is 3.65. The molecule has 3 atom stereocenters. The van der Waals surface area contributed by atoms with Crippen molar-refractivity contribution in [1.29, 1.82) is 0 Å². The summed E-state index contributed by atoms with van der Waals surface area (Å²) in [6, 6.07) is -0.192. The zero-order valence-electron chi connectivity index (χ0n) is 11.6. The van der Waals surface area contributed by atoms with Crippen LogP contribution in [0, 0.1) is 5.92 Å². The molecule has 0 aromatic rings. The second-order valence-corrected chi connectivity index (χ2v) is 5.17. The number of ether oxygens (including phenoxy) is 1. The Kier molecular flexibility index (Phi) is 8.94. The summed E-state index contributed by atoms with van der Waals surface area (Å²) < 4.78 is 5.47. The first-order valence-corrected chi connectivity index (χ1v) is 6.48. The van der Waals surface area contributed by atoms with Gasteiger partial charge in [-0.25, -0.2) is 0 Å². The lowest BCUT2D eigenvalue weighted by atomic mass is 10.1. The van der Waals surface area contributed by atoms with Crippen molar-refractivity contribution in [3.8, 4) is 0 Å². The molecule has 19 heavy (non-hydrogen) atoms. The highest BCUT2D eigenvalue weighted by atomic mass is 35.5. The largest absolute Gasteiger partial charge is 0.375 e. The normalized spacial score (nSPS) is 31.2. The predicted octanol–water partition coefficient (Wildman–Crippen LogP) is 0.275. The first-order valence-electron chi connectivity index (χ1n) is 6.48. The summed E-state index contributed by atoms with van der Waals surface area (Å²) in [5, 5.41) is 6.24. The minimum absolute atomic E-state index is 0. The third kappa shape index (κ3) is 5.44. The molecule has 2 N–H and O–H groups in total.